The maximum atomic E-state index is 5.80. The van der Waals surface area contributed by atoms with Crippen molar-refractivity contribution in [1.82, 2.24) is 10.6 Å². The Morgan fingerprint density at radius 3 is 2.03 bits per heavy atom. The predicted molar refractivity (Wildman–Crippen MR) is 159 cm³/mol. The maximum absolute atomic E-state index is 5.80. The van der Waals surface area contributed by atoms with Gasteiger partial charge in [0.25, 0.3) is 0 Å². The molecule has 2 aromatic carbocycles. The van der Waals surface area contributed by atoms with Crippen molar-refractivity contribution in [2.24, 2.45) is 5.92 Å². The maximum Gasteiger partial charge on any atom is 0.164 e. The summed E-state index contributed by atoms with van der Waals surface area (Å²) < 4.78 is 16.7. The van der Waals surface area contributed by atoms with Gasteiger partial charge in [-0.05, 0) is 99.9 Å². The molecule has 1 aliphatic rings. The van der Waals surface area contributed by atoms with E-state index in [1.807, 2.05) is 18.2 Å². The minimum absolute atomic E-state index is 0.803. The lowest BCUT2D eigenvalue weighted by atomic mass is 9.87. The molecule has 0 spiro atoms. The third kappa shape index (κ3) is 10.5. The van der Waals surface area contributed by atoms with Gasteiger partial charge < -0.3 is 24.8 Å². The van der Waals surface area contributed by atoms with Crippen LogP contribution in [0.1, 0.15) is 80.9 Å². The standard InChI is InChI=1S/C33H52N2O3/c1-36-30-17-13-28(14-18-30)15-19-31-29(16-20-32(37-2)33(31)38-3)22-26-35-24-10-5-4-9-23-34-25-21-27-11-7-6-8-12-27/h13-14,16-18,20,27,34-35H,4-12,15,19,21-26H2,1-3H3. The number of methoxy groups -OCH3 is 3. The molecule has 0 heterocycles. The smallest absolute Gasteiger partial charge is 0.164 e. The number of hydrogen-bond donors (Lipinski definition) is 2. The van der Waals surface area contributed by atoms with Crippen LogP contribution in [-0.4, -0.2) is 47.5 Å². The second kappa shape index (κ2) is 18.1. The Kier molecular flexibility index (Phi) is 14.4. The summed E-state index contributed by atoms with van der Waals surface area (Å²) in [6.07, 6.45) is 16.7. The zero-order valence-corrected chi connectivity index (χ0v) is 24.3. The number of aryl methyl sites for hydroxylation is 1. The Morgan fingerprint density at radius 2 is 1.37 bits per heavy atom. The molecule has 0 amide bonds. The topological polar surface area (TPSA) is 51.8 Å². The van der Waals surface area contributed by atoms with E-state index in [0.717, 1.165) is 55.5 Å². The van der Waals surface area contributed by atoms with Crippen LogP contribution in [0.5, 0.6) is 17.2 Å². The fourth-order valence-corrected chi connectivity index (χ4v) is 5.71. The van der Waals surface area contributed by atoms with E-state index in [1.54, 1.807) is 21.3 Å². The number of ether oxygens (including phenoxy) is 3. The molecule has 0 radical (unpaired) electrons. The van der Waals surface area contributed by atoms with E-state index in [0.29, 0.717) is 0 Å². The summed E-state index contributed by atoms with van der Waals surface area (Å²) in [6.45, 7) is 4.46. The quantitative estimate of drug-likeness (QED) is 0.199. The highest BCUT2D eigenvalue weighted by Crippen LogP contribution is 2.34. The first-order valence-corrected chi connectivity index (χ1v) is 15.0. The van der Waals surface area contributed by atoms with Gasteiger partial charge in [-0.3, -0.25) is 0 Å². The Hall–Kier alpha value is -2.24. The first-order valence-electron chi connectivity index (χ1n) is 15.0. The molecule has 3 rings (SSSR count). The van der Waals surface area contributed by atoms with Crippen molar-refractivity contribution in [1.29, 1.82) is 0 Å². The summed E-state index contributed by atoms with van der Waals surface area (Å²) in [5.41, 5.74) is 3.88. The van der Waals surface area contributed by atoms with Crippen molar-refractivity contribution in [2.75, 3.05) is 47.5 Å². The minimum atomic E-state index is 0.803. The van der Waals surface area contributed by atoms with E-state index < -0.39 is 0 Å². The second-order valence-electron chi connectivity index (χ2n) is 10.7. The van der Waals surface area contributed by atoms with Crippen molar-refractivity contribution >= 4 is 0 Å². The van der Waals surface area contributed by atoms with E-state index >= 15 is 0 Å². The van der Waals surface area contributed by atoms with Gasteiger partial charge in [0.05, 0.1) is 21.3 Å². The lowest BCUT2D eigenvalue weighted by molar-refractivity contribution is 0.333. The lowest BCUT2D eigenvalue weighted by Gasteiger charge is -2.21. The van der Waals surface area contributed by atoms with Gasteiger partial charge in [-0.25, -0.2) is 0 Å². The van der Waals surface area contributed by atoms with E-state index in [9.17, 15) is 0 Å². The average Bonchev–Trinajstić information content (AvgIpc) is 2.97. The molecule has 0 aliphatic heterocycles. The predicted octanol–water partition coefficient (Wildman–Crippen LogP) is 6.75. The molecule has 0 atom stereocenters. The fourth-order valence-electron chi connectivity index (χ4n) is 5.71. The Morgan fingerprint density at radius 1 is 0.658 bits per heavy atom. The molecule has 1 aliphatic carbocycles. The van der Waals surface area contributed by atoms with Crippen molar-refractivity contribution < 1.29 is 14.2 Å². The summed E-state index contributed by atoms with van der Waals surface area (Å²) in [5.74, 6) is 3.55. The number of unbranched alkanes of at least 4 members (excludes halogenated alkanes) is 3. The van der Waals surface area contributed by atoms with Crippen LogP contribution in [0.3, 0.4) is 0 Å². The molecular formula is C33H52N2O3. The zero-order valence-electron chi connectivity index (χ0n) is 24.3. The van der Waals surface area contributed by atoms with Gasteiger partial charge in [-0.2, -0.15) is 0 Å². The van der Waals surface area contributed by atoms with Gasteiger partial charge in [0, 0.05) is 5.56 Å². The van der Waals surface area contributed by atoms with E-state index in [-0.39, 0.29) is 0 Å². The number of hydrogen-bond acceptors (Lipinski definition) is 5. The lowest BCUT2D eigenvalue weighted by Crippen LogP contribution is -2.21. The highest BCUT2D eigenvalue weighted by molar-refractivity contribution is 5.51. The number of nitrogens with one attached hydrogen (secondary N) is 2. The largest absolute Gasteiger partial charge is 0.497 e. The van der Waals surface area contributed by atoms with E-state index in [4.69, 9.17) is 14.2 Å². The summed E-state index contributed by atoms with van der Waals surface area (Å²) >= 11 is 0. The van der Waals surface area contributed by atoms with Crippen LogP contribution < -0.4 is 24.8 Å². The van der Waals surface area contributed by atoms with Crippen LogP contribution in [0.2, 0.25) is 0 Å². The molecule has 0 unspecified atom stereocenters. The van der Waals surface area contributed by atoms with Crippen LogP contribution >= 0.6 is 0 Å². The molecule has 1 saturated carbocycles. The second-order valence-corrected chi connectivity index (χ2v) is 10.7. The molecule has 2 aromatic rings. The molecule has 38 heavy (non-hydrogen) atoms. The number of rotatable bonds is 19. The van der Waals surface area contributed by atoms with Crippen LogP contribution in [0, 0.1) is 5.92 Å². The van der Waals surface area contributed by atoms with Gasteiger partial charge >= 0.3 is 0 Å². The molecule has 0 aromatic heterocycles. The van der Waals surface area contributed by atoms with Crippen LogP contribution in [0.25, 0.3) is 0 Å². The normalized spacial score (nSPS) is 14.0. The highest BCUT2D eigenvalue weighted by Gasteiger charge is 2.15. The number of benzene rings is 2. The molecular weight excluding hydrogens is 472 g/mol. The Labute approximate surface area is 232 Å². The first kappa shape index (κ1) is 30.3. The van der Waals surface area contributed by atoms with Crippen molar-refractivity contribution in [3.63, 3.8) is 0 Å². The molecule has 1 fully saturated rings. The SMILES string of the molecule is COc1ccc(CCc2c(CCNCCCCCCNCCC3CCCCC3)ccc(OC)c2OC)cc1. The van der Waals surface area contributed by atoms with Crippen molar-refractivity contribution in [3.05, 3.63) is 53.1 Å². The molecule has 5 heteroatoms. The van der Waals surface area contributed by atoms with E-state index in [1.165, 1.54) is 94.0 Å². The summed E-state index contributed by atoms with van der Waals surface area (Å²) in [5, 5.41) is 7.33. The monoisotopic (exact) mass is 524 g/mol. The summed E-state index contributed by atoms with van der Waals surface area (Å²) in [7, 11) is 5.15. The minimum Gasteiger partial charge on any atom is -0.497 e. The van der Waals surface area contributed by atoms with Crippen molar-refractivity contribution in [2.45, 2.75) is 83.5 Å². The highest BCUT2D eigenvalue weighted by atomic mass is 16.5. The Bertz CT molecular complexity index is 894. The van der Waals surface area contributed by atoms with Gasteiger partial charge in [0.1, 0.15) is 5.75 Å². The van der Waals surface area contributed by atoms with Crippen LogP contribution in [-0.2, 0) is 19.3 Å². The zero-order chi connectivity index (χ0) is 26.8. The molecule has 2 N–H and O–H groups in total. The third-order valence-electron chi connectivity index (χ3n) is 8.05. The third-order valence-corrected chi connectivity index (χ3v) is 8.05. The summed E-state index contributed by atoms with van der Waals surface area (Å²) in [6, 6.07) is 12.6. The molecule has 0 saturated heterocycles. The van der Waals surface area contributed by atoms with Crippen LogP contribution in [0.15, 0.2) is 36.4 Å². The van der Waals surface area contributed by atoms with Gasteiger partial charge in [0.15, 0.2) is 11.5 Å². The molecule has 0 bridgehead atoms. The fraction of sp³-hybridized carbons (Fsp3) is 0.636. The first-order chi connectivity index (χ1) is 18.7. The molecule has 212 valence electrons. The Balaban J connectivity index is 1.32. The van der Waals surface area contributed by atoms with Gasteiger partial charge in [0.2, 0.25) is 0 Å². The van der Waals surface area contributed by atoms with E-state index in [2.05, 4.69) is 28.8 Å². The van der Waals surface area contributed by atoms with Crippen molar-refractivity contribution in [3.8, 4) is 17.2 Å². The molecule has 5 nitrogen and oxygen atoms in total. The summed E-state index contributed by atoms with van der Waals surface area (Å²) in [4.78, 5) is 0. The average molecular weight is 525 g/mol. The van der Waals surface area contributed by atoms with Gasteiger partial charge in [-0.15, -0.1) is 0 Å². The van der Waals surface area contributed by atoms with Crippen LogP contribution in [0.4, 0.5) is 0 Å². The van der Waals surface area contributed by atoms with Gasteiger partial charge in [-0.1, -0.05) is 63.1 Å².